The average molecular weight is 204 g/mol. The van der Waals surface area contributed by atoms with Crippen LogP contribution in [0.1, 0.15) is 11.1 Å². The predicted octanol–water partition coefficient (Wildman–Crippen LogP) is 3.84. The number of benzene rings is 1. The van der Waals surface area contributed by atoms with Crippen LogP contribution in [0.4, 0.5) is 0 Å². The summed E-state index contributed by atoms with van der Waals surface area (Å²) in [5.41, 5.74) is 2.27. The lowest BCUT2D eigenvalue weighted by atomic mass is 10.2. The quantitative estimate of drug-likeness (QED) is 0.764. The highest BCUT2D eigenvalue weighted by atomic mass is 35.5. The number of hydrogen-bond donors (Lipinski definition) is 1. The van der Waals surface area contributed by atoms with Gasteiger partial charge in [0.25, 0.3) is 0 Å². The molecule has 0 aliphatic rings. The smallest absolute Gasteiger partial charge is 0.0411 e. The van der Waals surface area contributed by atoms with Crippen molar-refractivity contribution in [3.8, 4) is 0 Å². The van der Waals surface area contributed by atoms with Crippen LogP contribution in [0.3, 0.4) is 0 Å². The molecule has 0 atom stereocenters. The van der Waals surface area contributed by atoms with Crippen LogP contribution < -0.4 is 0 Å². The molecule has 14 heavy (non-hydrogen) atoms. The third-order valence-corrected chi connectivity index (χ3v) is 2.17. The molecule has 0 aliphatic heterocycles. The van der Waals surface area contributed by atoms with Crippen LogP contribution in [-0.2, 0) is 0 Å². The molecule has 2 aromatic rings. The van der Waals surface area contributed by atoms with Gasteiger partial charge in [0, 0.05) is 17.4 Å². The van der Waals surface area contributed by atoms with E-state index in [1.807, 2.05) is 54.9 Å². The van der Waals surface area contributed by atoms with Gasteiger partial charge in [-0.3, -0.25) is 0 Å². The molecule has 1 aromatic carbocycles. The maximum Gasteiger partial charge on any atom is 0.0411 e. The first kappa shape index (κ1) is 9.10. The maximum atomic E-state index is 5.87. The van der Waals surface area contributed by atoms with E-state index in [9.17, 15) is 0 Å². The van der Waals surface area contributed by atoms with E-state index in [0.29, 0.717) is 0 Å². The van der Waals surface area contributed by atoms with E-state index >= 15 is 0 Å². The topological polar surface area (TPSA) is 15.8 Å². The minimum absolute atomic E-state index is 0.765. The highest BCUT2D eigenvalue weighted by Crippen LogP contribution is 2.13. The molecule has 1 N–H and O–H groups in total. The zero-order chi connectivity index (χ0) is 9.80. The second-order valence-electron chi connectivity index (χ2n) is 3.03. The molecule has 0 spiro atoms. The zero-order valence-electron chi connectivity index (χ0n) is 7.57. The van der Waals surface area contributed by atoms with E-state index in [2.05, 4.69) is 4.98 Å². The second kappa shape index (κ2) is 4.16. The second-order valence-corrected chi connectivity index (χ2v) is 3.47. The average Bonchev–Trinajstić information content (AvgIpc) is 2.67. The van der Waals surface area contributed by atoms with Crippen LogP contribution in [-0.4, -0.2) is 4.98 Å². The van der Waals surface area contributed by atoms with Crippen LogP contribution in [0.25, 0.3) is 12.2 Å². The van der Waals surface area contributed by atoms with E-state index in [4.69, 9.17) is 11.6 Å². The molecule has 1 nitrogen and oxygen atoms in total. The Bertz CT molecular complexity index is 429. The summed E-state index contributed by atoms with van der Waals surface area (Å²) in [5, 5.41) is 0.765. The largest absolute Gasteiger partial charge is 0.367 e. The Morgan fingerprint density at radius 2 is 1.93 bits per heavy atom. The molecule has 70 valence electrons. The minimum atomic E-state index is 0.765. The molecule has 1 heterocycles. The molecule has 2 rings (SSSR count). The summed E-state index contributed by atoms with van der Waals surface area (Å²) in [4.78, 5) is 3.00. The number of aromatic nitrogens is 1. The Kier molecular flexibility index (Phi) is 2.70. The Balaban J connectivity index is 2.18. The van der Waals surface area contributed by atoms with Crippen molar-refractivity contribution in [2.45, 2.75) is 0 Å². The molecular formula is C12H10ClN. The Hall–Kier alpha value is -1.47. The number of nitrogens with one attached hydrogen (secondary N) is 1. The summed E-state index contributed by atoms with van der Waals surface area (Å²) in [5.74, 6) is 0. The number of halogens is 1. The molecule has 0 saturated carbocycles. The lowest BCUT2D eigenvalue weighted by Gasteiger charge is -1.93. The molecule has 0 bridgehead atoms. The van der Waals surface area contributed by atoms with E-state index in [0.717, 1.165) is 16.1 Å². The molecular weight excluding hydrogens is 194 g/mol. The third kappa shape index (κ3) is 2.27. The van der Waals surface area contributed by atoms with Gasteiger partial charge in [0.05, 0.1) is 0 Å². The standard InChI is InChI=1S/C12H10ClN/c13-12-3-1-2-10(8-12)4-5-11-6-7-14-9-11/h1-9,14H. The van der Waals surface area contributed by atoms with Gasteiger partial charge in [0.15, 0.2) is 0 Å². The summed E-state index contributed by atoms with van der Waals surface area (Å²) in [7, 11) is 0. The van der Waals surface area contributed by atoms with Crippen molar-refractivity contribution in [1.29, 1.82) is 0 Å². The summed E-state index contributed by atoms with van der Waals surface area (Å²) >= 11 is 5.87. The zero-order valence-corrected chi connectivity index (χ0v) is 8.33. The van der Waals surface area contributed by atoms with Gasteiger partial charge < -0.3 is 4.98 Å². The number of aromatic amines is 1. The number of hydrogen-bond acceptors (Lipinski definition) is 0. The molecule has 0 radical (unpaired) electrons. The van der Waals surface area contributed by atoms with Crippen LogP contribution in [0, 0.1) is 0 Å². The first-order chi connectivity index (χ1) is 6.84. The summed E-state index contributed by atoms with van der Waals surface area (Å²) in [6.45, 7) is 0. The van der Waals surface area contributed by atoms with Gasteiger partial charge in [-0.05, 0) is 29.3 Å². The summed E-state index contributed by atoms with van der Waals surface area (Å²) in [6.07, 6.45) is 7.93. The molecule has 0 fully saturated rings. The van der Waals surface area contributed by atoms with Crippen molar-refractivity contribution in [3.05, 3.63) is 58.9 Å². The van der Waals surface area contributed by atoms with Gasteiger partial charge in [-0.15, -0.1) is 0 Å². The van der Waals surface area contributed by atoms with Gasteiger partial charge in [-0.2, -0.15) is 0 Å². The first-order valence-electron chi connectivity index (χ1n) is 4.41. The van der Waals surface area contributed by atoms with Crippen molar-refractivity contribution >= 4 is 23.8 Å². The predicted molar refractivity (Wildman–Crippen MR) is 61.2 cm³/mol. The van der Waals surface area contributed by atoms with E-state index in [-0.39, 0.29) is 0 Å². The molecule has 2 heteroatoms. The number of H-pyrrole nitrogens is 1. The van der Waals surface area contributed by atoms with Gasteiger partial charge >= 0.3 is 0 Å². The Morgan fingerprint density at radius 3 is 2.64 bits per heavy atom. The van der Waals surface area contributed by atoms with Crippen LogP contribution in [0.2, 0.25) is 5.02 Å². The van der Waals surface area contributed by atoms with Gasteiger partial charge in [0.2, 0.25) is 0 Å². The van der Waals surface area contributed by atoms with E-state index in [1.54, 1.807) is 0 Å². The van der Waals surface area contributed by atoms with Gasteiger partial charge in [-0.25, -0.2) is 0 Å². The van der Waals surface area contributed by atoms with Crippen LogP contribution in [0.5, 0.6) is 0 Å². The fourth-order valence-corrected chi connectivity index (χ4v) is 1.44. The highest BCUT2D eigenvalue weighted by molar-refractivity contribution is 6.30. The maximum absolute atomic E-state index is 5.87. The molecule has 0 aliphatic carbocycles. The molecule has 0 saturated heterocycles. The lowest BCUT2D eigenvalue weighted by molar-refractivity contribution is 1.41. The monoisotopic (exact) mass is 203 g/mol. The first-order valence-corrected chi connectivity index (χ1v) is 4.79. The van der Waals surface area contributed by atoms with Crippen LogP contribution in [0.15, 0.2) is 42.7 Å². The minimum Gasteiger partial charge on any atom is -0.367 e. The summed E-state index contributed by atoms with van der Waals surface area (Å²) in [6, 6.07) is 9.79. The normalized spacial score (nSPS) is 10.9. The van der Waals surface area contributed by atoms with Gasteiger partial charge in [-0.1, -0.05) is 35.9 Å². The fraction of sp³-hybridized carbons (Fsp3) is 0. The van der Waals surface area contributed by atoms with E-state index < -0.39 is 0 Å². The summed E-state index contributed by atoms with van der Waals surface area (Å²) < 4.78 is 0. The SMILES string of the molecule is Clc1cccc(C=Cc2cc[nH]c2)c1. The molecule has 1 aromatic heterocycles. The van der Waals surface area contributed by atoms with Gasteiger partial charge in [0.1, 0.15) is 0 Å². The highest BCUT2D eigenvalue weighted by Gasteiger charge is 1.89. The lowest BCUT2D eigenvalue weighted by Crippen LogP contribution is -1.70. The Morgan fingerprint density at radius 1 is 1.07 bits per heavy atom. The number of rotatable bonds is 2. The van der Waals surface area contributed by atoms with Crippen LogP contribution >= 0.6 is 11.6 Å². The van der Waals surface area contributed by atoms with E-state index in [1.165, 1.54) is 0 Å². The van der Waals surface area contributed by atoms with Crippen molar-refractivity contribution in [2.24, 2.45) is 0 Å². The fourth-order valence-electron chi connectivity index (χ4n) is 1.24. The van der Waals surface area contributed by atoms with Crippen molar-refractivity contribution in [1.82, 2.24) is 4.98 Å². The molecule has 0 unspecified atom stereocenters. The Labute approximate surface area is 88.0 Å². The third-order valence-electron chi connectivity index (χ3n) is 1.94. The van der Waals surface area contributed by atoms with Crippen molar-refractivity contribution in [3.63, 3.8) is 0 Å². The van der Waals surface area contributed by atoms with Crippen molar-refractivity contribution in [2.75, 3.05) is 0 Å². The molecule has 0 amide bonds. The van der Waals surface area contributed by atoms with Crippen molar-refractivity contribution < 1.29 is 0 Å².